The molecule has 2 aromatic carbocycles. The molecule has 0 aliphatic carbocycles. The Balaban J connectivity index is 2.02. The van der Waals surface area contributed by atoms with Crippen LogP contribution in [0.3, 0.4) is 0 Å². The number of aromatic nitrogens is 1. The van der Waals surface area contributed by atoms with Crippen LogP contribution in [0.4, 0.5) is 0 Å². The van der Waals surface area contributed by atoms with Crippen LogP contribution >= 0.6 is 0 Å². The zero-order valence-electron chi connectivity index (χ0n) is 12.0. The van der Waals surface area contributed by atoms with Gasteiger partial charge in [0.05, 0.1) is 12.6 Å². The lowest BCUT2D eigenvalue weighted by Crippen LogP contribution is -2.00. The molecule has 0 aliphatic rings. The molecule has 102 valence electrons. The minimum absolute atomic E-state index is 0.873. The van der Waals surface area contributed by atoms with Crippen LogP contribution in [0.1, 0.15) is 18.1 Å². The van der Waals surface area contributed by atoms with Crippen molar-refractivity contribution in [2.24, 2.45) is 0 Å². The first-order chi connectivity index (χ1) is 9.81. The Labute approximate surface area is 119 Å². The van der Waals surface area contributed by atoms with Gasteiger partial charge >= 0.3 is 0 Å². The summed E-state index contributed by atoms with van der Waals surface area (Å²) in [7, 11) is 1.71. The van der Waals surface area contributed by atoms with E-state index in [2.05, 4.69) is 54.1 Å². The van der Waals surface area contributed by atoms with E-state index in [1.165, 1.54) is 22.0 Å². The summed E-state index contributed by atoms with van der Waals surface area (Å²) >= 11 is 0. The maximum Gasteiger partial charge on any atom is 0.119 e. The summed E-state index contributed by atoms with van der Waals surface area (Å²) in [6, 6.07) is 17.0. The highest BCUT2D eigenvalue weighted by molar-refractivity contribution is 5.83. The SMILES string of the molecule is CCc1cccc2ccn(Cc3cccc(OC)c3)c12. The molecule has 1 heterocycles. The smallest absolute Gasteiger partial charge is 0.119 e. The van der Waals surface area contributed by atoms with E-state index >= 15 is 0 Å². The minimum Gasteiger partial charge on any atom is -0.497 e. The Morgan fingerprint density at radius 2 is 1.90 bits per heavy atom. The number of hydrogen-bond donors (Lipinski definition) is 0. The lowest BCUT2D eigenvalue weighted by molar-refractivity contribution is 0.414. The van der Waals surface area contributed by atoms with Crippen molar-refractivity contribution >= 4 is 10.9 Å². The van der Waals surface area contributed by atoms with Gasteiger partial charge in [0.1, 0.15) is 5.75 Å². The van der Waals surface area contributed by atoms with Crippen molar-refractivity contribution in [2.45, 2.75) is 19.9 Å². The van der Waals surface area contributed by atoms with Gasteiger partial charge in [-0.2, -0.15) is 0 Å². The van der Waals surface area contributed by atoms with E-state index in [0.717, 1.165) is 18.7 Å². The molecule has 2 heteroatoms. The van der Waals surface area contributed by atoms with Crippen LogP contribution in [-0.4, -0.2) is 11.7 Å². The van der Waals surface area contributed by atoms with Gasteiger partial charge < -0.3 is 9.30 Å². The molecule has 0 radical (unpaired) electrons. The number of fused-ring (bicyclic) bond motifs is 1. The molecular formula is C18H19NO. The fourth-order valence-corrected chi connectivity index (χ4v) is 2.73. The largest absolute Gasteiger partial charge is 0.497 e. The highest BCUT2D eigenvalue weighted by Crippen LogP contribution is 2.23. The standard InChI is InChI=1S/C18H19NO/c1-3-15-7-5-8-16-10-11-19(18(15)16)13-14-6-4-9-17(12-14)20-2/h4-12H,3,13H2,1-2H3. The molecular weight excluding hydrogens is 246 g/mol. The van der Waals surface area contributed by atoms with E-state index in [1.807, 2.05) is 12.1 Å². The molecule has 0 spiro atoms. The van der Waals surface area contributed by atoms with Gasteiger partial charge in [0.2, 0.25) is 0 Å². The Hall–Kier alpha value is -2.22. The van der Waals surface area contributed by atoms with Crippen molar-refractivity contribution in [3.63, 3.8) is 0 Å². The highest BCUT2D eigenvalue weighted by Gasteiger charge is 2.06. The zero-order valence-corrected chi connectivity index (χ0v) is 12.0. The van der Waals surface area contributed by atoms with Gasteiger partial charge in [-0.15, -0.1) is 0 Å². The van der Waals surface area contributed by atoms with Gasteiger partial charge in [-0.3, -0.25) is 0 Å². The van der Waals surface area contributed by atoms with Crippen molar-refractivity contribution in [2.75, 3.05) is 7.11 Å². The predicted molar refractivity (Wildman–Crippen MR) is 83.4 cm³/mol. The maximum absolute atomic E-state index is 5.30. The van der Waals surface area contributed by atoms with Gasteiger partial charge in [0.15, 0.2) is 0 Å². The van der Waals surface area contributed by atoms with E-state index in [9.17, 15) is 0 Å². The topological polar surface area (TPSA) is 14.2 Å². The van der Waals surface area contributed by atoms with Crippen LogP contribution in [0.25, 0.3) is 10.9 Å². The molecule has 0 bridgehead atoms. The zero-order chi connectivity index (χ0) is 13.9. The first-order valence-corrected chi connectivity index (χ1v) is 7.01. The van der Waals surface area contributed by atoms with Crippen LogP contribution < -0.4 is 4.74 Å². The summed E-state index contributed by atoms with van der Waals surface area (Å²) in [5.41, 5.74) is 4.00. The first kappa shape index (κ1) is 12.8. The second kappa shape index (κ2) is 5.41. The van der Waals surface area contributed by atoms with E-state index < -0.39 is 0 Å². The number of nitrogens with zero attached hydrogens (tertiary/aromatic N) is 1. The van der Waals surface area contributed by atoms with Crippen molar-refractivity contribution in [3.05, 3.63) is 65.9 Å². The van der Waals surface area contributed by atoms with Crippen LogP contribution in [0.5, 0.6) is 5.75 Å². The van der Waals surface area contributed by atoms with Gasteiger partial charge in [-0.05, 0) is 41.1 Å². The summed E-state index contributed by atoms with van der Waals surface area (Å²) < 4.78 is 7.62. The van der Waals surface area contributed by atoms with Crippen molar-refractivity contribution in [1.29, 1.82) is 0 Å². The fraction of sp³-hybridized carbons (Fsp3) is 0.222. The molecule has 20 heavy (non-hydrogen) atoms. The van der Waals surface area contributed by atoms with E-state index in [1.54, 1.807) is 7.11 Å². The number of benzene rings is 2. The molecule has 0 N–H and O–H groups in total. The normalized spacial score (nSPS) is 10.9. The first-order valence-electron chi connectivity index (χ1n) is 7.01. The van der Waals surface area contributed by atoms with Crippen LogP contribution in [-0.2, 0) is 13.0 Å². The molecule has 0 atom stereocenters. The molecule has 3 aromatic rings. The van der Waals surface area contributed by atoms with E-state index in [0.29, 0.717) is 0 Å². The fourth-order valence-electron chi connectivity index (χ4n) is 2.73. The molecule has 0 fully saturated rings. The number of rotatable bonds is 4. The summed E-state index contributed by atoms with van der Waals surface area (Å²) in [6.07, 6.45) is 3.22. The van der Waals surface area contributed by atoms with E-state index in [-0.39, 0.29) is 0 Å². The number of para-hydroxylation sites is 1. The summed E-state index contributed by atoms with van der Waals surface area (Å²) in [4.78, 5) is 0. The van der Waals surface area contributed by atoms with Crippen LogP contribution in [0.15, 0.2) is 54.7 Å². The molecule has 1 aromatic heterocycles. The average molecular weight is 265 g/mol. The van der Waals surface area contributed by atoms with Crippen molar-refractivity contribution in [3.8, 4) is 5.75 Å². The molecule has 0 saturated heterocycles. The number of ether oxygens (including phenoxy) is 1. The molecule has 0 unspecified atom stereocenters. The van der Waals surface area contributed by atoms with Crippen LogP contribution in [0.2, 0.25) is 0 Å². The number of aryl methyl sites for hydroxylation is 1. The average Bonchev–Trinajstić information content (AvgIpc) is 2.90. The highest BCUT2D eigenvalue weighted by atomic mass is 16.5. The Kier molecular flexibility index (Phi) is 3.46. The minimum atomic E-state index is 0.873. The third kappa shape index (κ3) is 2.29. The molecule has 3 rings (SSSR count). The lowest BCUT2D eigenvalue weighted by atomic mass is 10.1. The monoisotopic (exact) mass is 265 g/mol. The van der Waals surface area contributed by atoms with Gasteiger partial charge in [-0.25, -0.2) is 0 Å². The quantitative estimate of drug-likeness (QED) is 0.687. The second-order valence-electron chi connectivity index (χ2n) is 5.00. The summed E-state index contributed by atoms with van der Waals surface area (Å²) in [6.45, 7) is 3.08. The van der Waals surface area contributed by atoms with Crippen molar-refractivity contribution in [1.82, 2.24) is 4.57 Å². The molecule has 0 amide bonds. The summed E-state index contributed by atoms with van der Waals surface area (Å²) in [5.74, 6) is 0.912. The third-order valence-corrected chi connectivity index (χ3v) is 3.74. The van der Waals surface area contributed by atoms with Crippen LogP contribution in [0, 0.1) is 0 Å². The van der Waals surface area contributed by atoms with Gasteiger partial charge in [-0.1, -0.05) is 37.3 Å². The van der Waals surface area contributed by atoms with Gasteiger partial charge in [0, 0.05) is 12.7 Å². The predicted octanol–water partition coefficient (Wildman–Crippen LogP) is 4.26. The number of hydrogen-bond acceptors (Lipinski definition) is 1. The lowest BCUT2D eigenvalue weighted by Gasteiger charge is -2.10. The molecule has 2 nitrogen and oxygen atoms in total. The van der Waals surface area contributed by atoms with Crippen molar-refractivity contribution < 1.29 is 4.74 Å². The molecule has 0 aliphatic heterocycles. The number of methoxy groups -OCH3 is 1. The van der Waals surface area contributed by atoms with E-state index in [4.69, 9.17) is 4.74 Å². The third-order valence-electron chi connectivity index (χ3n) is 3.74. The Morgan fingerprint density at radius 1 is 1.05 bits per heavy atom. The maximum atomic E-state index is 5.30. The summed E-state index contributed by atoms with van der Waals surface area (Å²) in [5, 5.41) is 1.31. The van der Waals surface area contributed by atoms with Gasteiger partial charge in [0.25, 0.3) is 0 Å². The Morgan fingerprint density at radius 3 is 2.70 bits per heavy atom. The second-order valence-corrected chi connectivity index (χ2v) is 5.00. The molecule has 0 saturated carbocycles. The Bertz CT molecular complexity index is 727.